The highest BCUT2D eigenvalue weighted by Crippen LogP contribution is 2.45. The van der Waals surface area contributed by atoms with Gasteiger partial charge in [-0.2, -0.15) is 20.4 Å². The number of benzene rings is 1. The van der Waals surface area contributed by atoms with Gasteiger partial charge >= 0.3 is 0 Å². The first-order valence-corrected chi connectivity index (χ1v) is 48.3. The molecule has 42 nitrogen and oxygen atoms in total. The van der Waals surface area contributed by atoms with E-state index in [0.29, 0.717) is 133 Å². The van der Waals surface area contributed by atoms with Crippen molar-refractivity contribution in [3.63, 3.8) is 0 Å². The Morgan fingerprint density at radius 1 is 0.381 bits per heavy atom. The number of nitrogens with two attached hydrogens (primary N) is 4. The second kappa shape index (κ2) is 37.8. The van der Waals surface area contributed by atoms with Crippen LogP contribution in [0.25, 0.3) is 105 Å². The number of pyridine rings is 11. The number of imidazole rings is 1. The maximum atomic E-state index is 15.6. The molecule has 0 saturated carbocycles. The summed E-state index contributed by atoms with van der Waals surface area (Å²) in [4.78, 5) is 98.8. The van der Waals surface area contributed by atoms with E-state index >= 15 is 4.39 Å². The molecule has 0 saturated heterocycles. The predicted molar refractivity (Wildman–Crippen MR) is 569 cm³/mol. The number of hydrogen-bond donors (Lipinski definition) is 14. The van der Waals surface area contributed by atoms with Crippen LogP contribution in [-0.4, -0.2) is 215 Å². The molecule has 3 amide bonds. The largest absolute Gasteiger partial charge is 0.396 e. The van der Waals surface area contributed by atoms with Crippen LogP contribution in [-0.2, 0) is 72.8 Å². The van der Waals surface area contributed by atoms with Crippen LogP contribution in [0.1, 0.15) is 92.9 Å². The van der Waals surface area contributed by atoms with Crippen LogP contribution < -0.4 is 76.1 Å². The highest BCUT2D eigenvalue weighted by Gasteiger charge is 2.32. The molecule has 18 N–H and O–H groups in total. The van der Waals surface area contributed by atoms with Gasteiger partial charge < -0.3 is 100 Å². The van der Waals surface area contributed by atoms with Gasteiger partial charge in [-0.25, -0.2) is 44.3 Å². The average molecular weight is 1970 g/mol. The van der Waals surface area contributed by atoms with Crippen molar-refractivity contribution in [2.45, 2.75) is 105 Å². The number of carbonyl (C=O) groups excluding carboxylic acids is 3. The van der Waals surface area contributed by atoms with E-state index in [1.165, 1.54) is 0 Å². The fraction of sp³-hybridized carbons (Fsp3) is 0.260. The number of aryl methyl sites for hydroxylation is 2. The fourth-order valence-corrected chi connectivity index (χ4v) is 19.8. The summed E-state index contributed by atoms with van der Waals surface area (Å²) < 4.78 is 24.9. The lowest BCUT2D eigenvalue weighted by molar-refractivity contribution is -0.130. The van der Waals surface area contributed by atoms with Crippen molar-refractivity contribution in [1.29, 1.82) is 0 Å². The number of likely N-dealkylation sites (N-methyl/N-ethyl adjacent to an activating group) is 1. The van der Waals surface area contributed by atoms with Crippen LogP contribution in [0.3, 0.4) is 0 Å². The Morgan fingerprint density at radius 3 is 1.21 bits per heavy atom. The molecule has 43 heteroatoms. The smallest absolute Gasteiger partial charge is 0.244 e. The highest BCUT2D eigenvalue weighted by molar-refractivity contribution is 6.02. The van der Waals surface area contributed by atoms with Crippen molar-refractivity contribution >= 4 is 170 Å². The van der Waals surface area contributed by atoms with Crippen molar-refractivity contribution in [1.82, 2.24) is 134 Å². The van der Waals surface area contributed by atoms with Gasteiger partial charge in [-0.05, 0) is 126 Å². The normalized spacial score (nSPS) is 15.5. The number of hydrogen-bond acceptors (Lipinski definition) is 34. The second-order valence-corrected chi connectivity index (χ2v) is 37.9. The van der Waals surface area contributed by atoms with E-state index in [9.17, 15) is 14.4 Å². The van der Waals surface area contributed by atoms with Crippen LogP contribution in [0.15, 0.2) is 155 Å². The first-order chi connectivity index (χ1) is 71.0. The van der Waals surface area contributed by atoms with Gasteiger partial charge in [-0.15, -0.1) is 0 Å². The SMILES string of the molecule is C=C1c2ncc(-c3cc4cc(Nc5cc6n(n5)CC(=O)N(C)CC6)ncc4c(N)n3)c(C)c2NCN1C.C=C1c2ncc(-c3cc4cc(Nc5cc6n(n5)CC(=O)NCC6)ncc4c(N)n3)c(C)c2NCN1C.C=C1c2ncc(-c3cc4cc(Nc5cc6n(n5)Cc5nccn5CC6)ncc4c(N)c3F)c(C)c2NCN1C.Cc1c(-c2cc3cc(Nc4cc5n(n4)CC(=O)NCC5)ncc3c(N)n2)cnc2c1NCC[C@H]2C. The Labute approximate surface area is 842 Å². The summed E-state index contributed by atoms with van der Waals surface area (Å²) in [5.41, 5.74) is 49.6. The van der Waals surface area contributed by atoms with Crippen molar-refractivity contribution in [2.24, 2.45) is 0 Å². The van der Waals surface area contributed by atoms with Crippen molar-refractivity contribution < 1.29 is 18.8 Å². The van der Waals surface area contributed by atoms with Crippen molar-refractivity contribution in [3.05, 3.63) is 234 Å². The summed E-state index contributed by atoms with van der Waals surface area (Å²) in [7, 11) is 7.72. The number of rotatable bonds is 12. The summed E-state index contributed by atoms with van der Waals surface area (Å²) in [6.45, 7) is 29.7. The zero-order valence-corrected chi connectivity index (χ0v) is 82.5. The van der Waals surface area contributed by atoms with E-state index in [1.807, 2.05) is 166 Å². The van der Waals surface area contributed by atoms with Gasteiger partial charge in [0.2, 0.25) is 17.7 Å². The van der Waals surface area contributed by atoms with Crippen LogP contribution in [0.2, 0.25) is 0 Å². The minimum absolute atomic E-state index is 0.0330. The molecular weight excluding hydrogens is 1860 g/mol. The summed E-state index contributed by atoms with van der Waals surface area (Å²) >= 11 is 0. The minimum atomic E-state index is -0.488. The molecule has 0 radical (unpaired) electrons. The summed E-state index contributed by atoms with van der Waals surface area (Å²) in [5, 5.41) is 57.2. The van der Waals surface area contributed by atoms with Gasteiger partial charge in [0.1, 0.15) is 83.3 Å². The predicted octanol–water partition coefficient (Wildman–Crippen LogP) is 12.8. The quantitative estimate of drug-likeness (QED) is 0.0505. The highest BCUT2D eigenvalue weighted by atomic mass is 19.1. The number of aromatic nitrogens is 21. The van der Waals surface area contributed by atoms with Crippen LogP contribution in [0.5, 0.6) is 0 Å². The standard InChI is InChI=1S/C28H27FN10.C26H28N10O.C25H26N10O.C25H27N9O/c1-15-20(11-33-28-16(2)37(3)14-34-27(15)28)19-8-17-9-22(32-12-21(17)26(30)25(19)29)35-23-10-18-4-6-38-7-5-31-24(38)13-39(18)36-23;1-14-18(10-29-25-15(2)35(4)13-30-24(14)25)20-7-16-8-21(28-11-19(16)26(27)31-20)32-22-9-17-5-6-34(3)23(37)12-36(17)33-22;1-13-17(9-29-24-14(2)34(3)12-30-23(13)24)19-6-15-7-20(28-10-18(15)25(26)31-19)32-21-8-16-4-5-27-22(36)11-35(16)33-21;1-13-3-5-28-24-14(2)17(10-30-23(13)24)19-7-15-8-20(29-11-18(15)25(26)31-19)32-21-9-16-4-6-27-22(35)12-34(16)33-21/h5,7-12,34H,2,4,6,13-14,30H2,1,3H3,(H,32,35,36);7-11,30H,2,5-6,12-13H2,1,3-4H3,(H2,27,31)(H,28,32,33);6-10,30H,2,4-5,11-12H2,1,3H3,(H2,26,31)(H,27,36)(H,28,32,33);7-11,13,28H,3-6,12H2,1-2H3,(H2,26,31)(H,27,35)(H,29,32,33)/t;;;13-/m...1/s1. The molecule has 0 spiro atoms. The molecular formula is C104H108FN39O3. The lowest BCUT2D eigenvalue weighted by atomic mass is 9.93. The average Bonchev–Trinajstić information content (AvgIpc) is 1.42. The molecule has 147 heavy (non-hydrogen) atoms. The molecule has 0 fully saturated rings. The van der Waals surface area contributed by atoms with Gasteiger partial charge in [0.15, 0.2) is 29.1 Å². The number of nitrogens with zero attached hydrogens (tertiary/aromatic N) is 25. The van der Waals surface area contributed by atoms with E-state index in [4.69, 9.17) is 33.0 Å². The van der Waals surface area contributed by atoms with Crippen molar-refractivity contribution in [3.8, 4) is 44.9 Å². The molecule has 25 rings (SSSR count). The molecule has 8 aliphatic rings. The maximum absolute atomic E-state index is 15.6. The molecule has 17 aromatic rings. The Bertz CT molecular complexity index is 8340. The zero-order valence-electron chi connectivity index (χ0n) is 82.5. The molecule has 0 unspecified atom stereocenters. The summed E-state index contributed by atoms with van der Waals surface area (Å²) in [6.07, 6.45) is 21.9. The number of halogens is 1. The van der Waals surface area contributed by atoms with Crippen LogP contribution in [0.4, 0.5) is 96.8 Å². The summed E-state index contributed by atoms with van der Waals surface area (Å²) in [6, 6.07) is 23.4. The van der Waals surface area contributed by atoms with E-state index in [1.54, 1.807) is 56.0 Å². The van der Waals surface area contributed by atoms with E-state index in [0.717, 1.165) is 230 Å². The molecule has 744 valence electrons. The molecule has 16 aromatic heterocycles. The Morgan fingerprint density at radius 2 is 0.762 bits per heavy atom. The Hall–Kier alpha value is -18.5. The van der Waals surface area contributed by atoms with Crippen LogP contribution >= 0.6 is 0 Å². The minimum Gasteiger partial charge on any atom is -0.396 e. The number of nitrogens with one attached hydrogen (secondary N) is 10. The Balaban J connectivity index is 0.000000111. The first kappa shape index (κ1) is 93.5. The Kier molecular flexibility index (Phi) is 24.0. The van der Waals surface area contributed by atoms with Gasteiger partial charge in [0, 0.05) is 251 Å². The maximum Gasteiger partial charge on any atom is 0.244 e. The first-order valence-electron chi connectivity index (χ1n) is 48.3. The third kappa shape index (κ3) is 18.0. The molecule has 1 atom stereocenters. The number of anilines is 16. The summed E-state index contributed by atoms with van der Waals surface area (Å²) in [5.74, 6) is 7.24. The van der Waals surface area contributed by atoms with E-state index in [2.05, 4.69) is 161 Å². The van der Waals surface area contributed by atoms with Crippen molar-refractivity contribution in [2.75, 3.05) is 140 Å². The molecule has 1 aromatic carbocycles. The lowest BCUT2D eigenvalue weighted by Crippen LogP contribution is -2.30. The fourth-order valence-electron chi connectivity index (χ4n) is 19.8. The van der Waals surface area contributed by atoms with E-state index in [-0.39, 0.29) is 43.0 Å². The van der Waals surface area contributed by atoms with Gasteiger partial charge in [-0.3, -0.25) is 53.0 Å². The van der Waals surface area contributed by atoms with Gasteiger partial charge in [0.25, 0.3) is 0 Å². The van der Waals surface area contributed by atoms with E-state index < -0.39 is 5.82 Å². The topological polar surface area (TPSA) is 519 Å². The van der Waals surface area contributed by atoms with Gasteiger partial charge in [-0.1, -0.05) is 26.7 Å². The number of fused-ring (bicyclic) bond motifs is 13. The third-order valence-corrected chi connectivity index (χ3v) is 28.3. The number of carbonyl (C=O) groups is 3. The number of amides is 3. The number of nitrogen functional groups attached to an aromatic ring is 4. The zero-order chi connectivity index (χ0) is 102. The monoisotopic (exact) mass is 1970 g/mol. The molecule has 24 heterocycles. The van der Waals surface area contributed by atoms with Gasteiger partial charge in [0.05, 0.1) is 94.9 Å². The second-order valence-electron chi connectivity index (χ2n) is 37.9. The lowest BCUT2D eigenvalue weighted by Gasteiger charge is -2.31. The third-order valence-electron chi connectivity index (χ3n) is 28.3. The molecule has 8 aliphatic heterocycles. The molecule has 0 bridgehead atoms. The van der Waals surface area contributed by atoms with Crippen LogP contribution in [0, 0.1) is 33.5 Å². The molecule has 0 aliphatic carbocycles.